The average Bonchev–Trinajstić information content (AvgIpc) is 3.05. The molecular weight excluding hydrogens is 366 g/mol. The Bertz CT molecular complexity index is 925. The first kappa shape index (κ1) is 17.7. The molecule has 1 aliphatic heterocycles. The van der Waals surface area contributed by atoms with Gasteiger partial charge in [-0.05, 0) is 12.0 Å². The van der Waals surface area contributed by atoms with Crippen LogP contribution in [0.4, 0.5) is 5.69 Å². The second kappa shape index (κ2) is 7.88. The summed E-state index contributed by atoms with van der Waals surface area (Å²) in [6.07, 6.45) is 1.84. The second-order valence-electron chi connectivity index (χ2n) is 6.25. The molecule has 27 heavy (non-hydrogen) atoms. The summed E-state index contributed by atoms with van der Waals surface area (Å²) in [7, 11) is 0. The smallest absolute Gasteiger partial charge is 0.246 e. The van der Waals surface area contributed by atoms with E-state index < -0.39 is 0 Å². The van der Waals surface area contributed by atoms with Crippen LogP contribution < -0.4 is 14.8 Å². The van der Waals surface area contributed by atoms with Crippen LogP contribution in [0.2, 0.25) is 5.02 Å². The molecule has 0 unspecified atom stereocenters. The van der Waals surface area contributed by atoms with Crippen molar-refractivity contribution in [1.82, 2.24) is 10.1 Å². The van der Waals surface area contributed by atoms with Crippen molar-refractivity contribution in [3.8, 4) is 22.9 Å². The molecule has 0 spiro atoms. The maximum absolute atomic E-state index is 6.35. The normalized spacial score (nSPS) is 13.3. The van der Waals surface area contributed by atoms with Crippen molar-refractivity contribution < 1.29 is 14.0 Å². The van der Waals surface area contributed by atoms with Crippen LogP contribution in [0.15, 0.2) is 40.9 Å². The fourth-order valence-electron chi connectivity index (χ4n) is 2.82. The quantitative estimate of drug-likeness (QED) is 0.685. The zero-order valence-corrected chi connectivity index (χ0v) is 15.8. The van der Waals surface area contributed by atoms with Gasteiger partial charge in [-0.3, -0.25) is 0 Å². The van der Waals surface area contributed by atoms with Gasteiger partial charge in [-0.15, -0.1) is 0 Å². The van der Waals surface area contributed by atoms with Crippen molar-refractivity contribution in [2.24, 2.45) is 0 Å². The Labute approximate surface area is 162 Å². The van der Waals surface area contributed by atoms with Gasteiger partial charge in [0.25, 0.3) is 0 Å². The van der Waals surface area contributed by atoms with Gasteiger partial charge in [-0.2, -0.15) is 4.98 Å². The minimum atomic E-state index is 0.361. The highest BCUT2D eigenvalue weighted by Gasteiger charge is 2.15. The van der Waals surface area contributed by atoms with Crippen molar-refractivity contribution in [2.75, 3.05) is 18.5 Å². The predicted molar refractivity (Wildman–Crippen MR) is 103 cm³/mol. The fraction of sp³-hybridized carbons (Fsp3) is 0.300. The van der Waals surface area contributed by atoms with Gasteiger partial charge in [-0.25, -0.2) is 0 Å². The number of hydrogen-bond donors (Lipinski definition) is 1. The Morgan fingerprint density at radius 2 is 1.81 bits per heavy atom. The maximum Gasteiger partial charge on any atom is 0.246 e. The molecule has 1 N–H and O–H groups in total. The highest BCUT2D eigenvalue weighted by molar-refractivity contribution is 6.33. The van der Waals surface area contributed by atoms with E-state index in [1.807, 2.05) is 18.2 Å². The molecule has 0 saturated heterocycles. The molecular formula is C20H20ClN3O3. The number of rotatable bonds is 5. The minimum Gasteiger partial charge on any atom is -0.490 e. The molecule has 3 aromatic rings. The lowest BCUT2D eigenvalue weighted by Gasteiger charge is -2.12. The Morgan fingerprint density at radius 1 is 1.07 bits per heavy atom. The van der Waals surface area contributed by atoms with E-state index in [2.05, 4.69) is 34.5 Å². The first-order chi connectivity index (χ1) is 13.2. The molecule has 2 aromatic carbocycles. The van der Waals surface area contributed by atoms with Crippen LogP contribution in [0.5, 0.6) is 11.5 Å². The van der Waals surface area contributed by atoms with Crippen molar-refractivity contribution in [2.45, 2.75) is 26.3 Å². The topological polar surface area (TPSA) is 69.4 Å². The summed E-state index contributed by atoms with van der Waals surface area (Å²) >= 11 is 6.35. The van der Waals surface area contributed by atoms with Gasteiger partial charge < -0.3 is 19.3 Å². The molecule has 0 saturated carbocycles. The van der Waals surface area contributed by atoms with E-state index in [9.17, 15) is 0 Å². The first-order valence-corrected chi connectivity index (χ1v) is 9.35. The van der Waals surface area contributed by atoms with E-state index in [4.69, 9.17) is 25.6 Å². The number of fused-ring (bicyclic) bond motifs is 1. The summed E-state index contributed by atoms with van der Waals surface area (Å²) in [6, 6.07) is 11.7. The van der Waals surface area contributed by atoms with E-state index in [1.54, 1.807) is 6.07 Å². The Hall–Kier alpha value is -2.73. The minimum absolute atomic E-state index is 0.361. The van der Waals surface area contributed by atoms with Crippen LogP contribution in [-0.4, -0.2) is 23.4 Å². The molecule has 140 valence electrons. The van der Waals surface area contributed by atoms with Gasteiger partial charge in [0.2, 0.25) is 11.7 Å². The molecule has 6 nitrogen and oxygen atoms in total. The molecule has 0 aliphatic carbocycles. The van der Waals surface area contributed by atoms with E-state index in [-0.39, 0.29) is 0 Å². The number of hydrogen-bond acceptors (Lipinski definition) is 6. The summed E-state index contributed by atoms with van der Waals surface area (Å²) < 4.78 is 16.7. The number of aromatic nitrogens is 2. The first-order valence-electron chi connectivity index (χ1n) is 8.98. The van der Waals surface area contributed by atoms with Gasteiger partial charge in [0.1, 0.15) is 0 Å². The molecule has 1 aliphatic rings. The van der Waals surface area contributed by atoms with Crippen LogP contribution in [0, 0.1) is 0 Å². The van der Waals surface area contributed by atoms with Gasteiger partial charge in [-0.1, -0.05) is 47.9 Å². The molecule has 0 fully saturated rings. The Morgan fingerprint density at radius 3 is 2.56 bits per heavy atom. The summed E-state index contributed by atoms with van der Waals surface area (Å²) in [5.41, 5.74) is 2.93. The van der Waals surface area contributed by atoms with Gasteiger partial charge in [0.15, 0.2) is 11.5 Å². The van der Waals surface area contributed by atoms with Crippen LogP contribution in [-0.2, 0) is 13.0 Å². The molecule has 7 heteroatoms. The maximum atomic E-state index is 6.35. The number of ether oxygens (including phenoxy) is 2. The molecule has 2 heterocycles. The number of anilines is 1. The van der Waals surface area contributed by atoms with E-state index >= 15 is 0 Å². The lowest BCUT2D eigenvalue weighted by Crippen LogP contribution is -2.01. The highest BCUT2D eigenvalue weighted by atomic mass is 35.5. The van der Waals surface area contributed by atoms with Crippen LogP contribution in [0.3, 0.4) is 0 Å². The van der Waals surface area contributed by atoms with Crippen molar-refractivity contribution >= 4 is 17.3 Å². The lowest BCUT2D eigenvalue weighted by molar-refractivity contribution is 0.297. The number of nitrogens with one attached hydrogen (secondary N) is 1. The van der Waals surface area contributed by atoms with Crippen molar-refractivity contribution in [1.29, 1.82) is 0 Å². The van der Waals surface area contributed by atoms with E-state index in [1.165, 1.54) is 5.56 Å². The third-order valence-corrected chi connectivity index (χ3v) is 4.67. The van der Waals surface area contributed by atoms with Crippen LogP contribution >= 0.6 is 11.6 Å². The highest BCUT2D eigenvalue weighted by Crippen LogP contribution is 2.37. The molecule has 0 amide bonds. The summed E-state index contributed by atoms with van der Waals surface area (Å²) in [5.74, 6) is 2.40. The molecule has 4 rings (SSSR count). The standard InChI is InChI=1S/C20H20ClN3O3/c1-2-13-4-6-14(7-5-13)20-23-19(27-24-20)12-22-16-11-18-17(10-15(16)21)25-8-3-9-26-18/h4-7,10-11,22H,2-3,8-9,12H2,1H3. The van der Waals surface area contributed by atoms with Crippen molar-refractivity contribution in [3.63, 3.8) is 0 Å². The third kappa shape index (κ3) is 4.01. The number of nitrogens with zero attached hydrogens (tertiary/aromatic N) is 2. The zero-order chi connectivity index (χ0) is 18.6. The predicted octanol–water partition coefficient (Wildman–Crippen LogP) is 4.73. The average molecular weight is 386 g/mol. The molecule has 0 radical (unpaired) electrons. The monoisotopic (exact) mass is 385 g/mol. The van der Waals surface area contributed by atoms with Gasteiger partial charge >= 0.3 is 0 Å². The lowest BCUT2D eigenvalue weighted by atomic mass is 10.1. The summed E-state index contributed by atoms with van der Waals surface area (Å²) in [5, 5.41) is 7.82. The Kier molecular flexibility index (Phi) is 5.16. The summed E-state index contributed by atoms with van der Waals surface area (Å²) in [4.78, 5) is 4.44. The molecule has 1 aromatic heterocycles. The van der Waals surface area contributed by atoms with Crippen LogP contribution in [0.25, 0.3) is 11.4 Å². The SMILES string of the molecule is CCc1ccc(-c2noc(CNc3cc4c(cc3Cl)OCCCO4)n2)cc1. The molecule has 0 bridgehead atoms. The van der Waals surface area contributed by atoms with Crippen LogP contribution in [0.1, 0.15) is 24.8 Å². The third-order valence-electron chi connectivity index (χ3n) is 4.36. The summed E-state index contributed by atoms with van der Waals surface area (Å²) in [6.45, 7) is 3.73. The fourth-order valence-corrected chi connectivity index (χ4v) is 3.04. The number of benzene rings is 2. The number of aryl methyl sites for hydroxylation is 1. The largest absolute Gasteiger partial charge is 0.490 e. The van der Waals surface area contributed by atoms with E-state index in [0.29, 0.717) is 48.0 Å². The second-order valence-corrected chi connectivity index (χ2v) is 6.65. The number of halogens is 1. The van der Waals surface area contributed by atoms with Crippen molar-refractivity contribution in [3.05, 3.63) is 52.9 Å². The van der Waals surface area contributed by atoms with E-state index in [0.717, 1.165) is 24.1 Å². The van der Waals surface area contributed by atoms with Gasteiger partial charge in [0, 0.05) is 24.1 Å². The Balaban J connectivity index is 1.46. The van der Waals surface area contributed by atoms with Gasteiger partial charge in [0.05, 0.1) is 30.5 Å². The zero-order valence-electron chi connectivity index (χ0n) is 15.0. The molecule has 0 atom stereocenters.